The van der Waals surface area contributed by atoms with Crippen LogP contribution in [-0.4, -0.2) is 54.2 Å². The van der Waals surface area contributed by atoms with Crippen LogP contribution in [0.1, 0.15) is 32.6 Å². The predicted molar refractivity (Wildman–Crippen MR) is 71.2 cm³/mol. The maximum absolute atomic E-state index is 11.8. The topological polar surface area (TPSA) is 95.9 Å². The molecular formula is C13H22N2O5. The number of aliphatic carboxylic acids is 1. The molecule has 1 aliphatic rings. The molecule has 0 atom stereocenters. The van der Waals surface area contributed by atoms with Gasteiger partial charge in [-0.05, 0) is 32.1 Å². The lowest BCUT2D eigenvalue weighted by molar-refractivity contribution is -0.143. The van der Waals surface area contributed by atoms with E-state index in [1.54, 1.807) is 6.92 Å². The monoisotopic (exact) mass is 286 g/mol. The average Bonchev–Trinajstić information content (AvgIpc) is 3.17. The molecule has 2 amide bonds. The molecule has 2 N–H and O–H groups in total. The van der Waals surface area contributed by atoms with Gasteiger partial charge in [-0.2, -0.15) is 0 Å². The van der Waals surface area contributed by atoms with Crippen molar-refractivity contribution in [2.24, 2.45) is 5.92 Å². The van der Waals surface area contributed by atoms with Gasteiger partial charge in [0.2, 0.25) is 0 Å². The SMILES string of the molecule is CCOC(=O)CCCNC(=O)N(CC(=O)O)CC1CC1. The van der Waals surface area contributed by atoms with Crippen molar-refractivity contribution in [3.8, 4) is 0 Å². The molecule has 0 aliphatic heterocycles. The molecule has 0 saturated heterocycles. The van der Waals surface area contributed by atoms with Gasteiger partial charge in [-0.25, -0.2) is 4.79 Å². The van der Waals surface area contributed by atoms with E-state index in [-0.39, 0.29) is 25.0 Å². The first kappa shape index (κ1) is 16.3. The van der Waals surface area contributed by atoms with Gasteiger partial charge in [0, 0.05) is 19.5 Å². The summed E-state index contributed by atoms with van der Waals surface area (Å²) in [6, 6.07) is -0.386. The first-order chi connectivity index (χ1) is 9.52. The first-order valence-corrected chi connectivity index (χ1v) is 6.93. The fourth-order valence-corrected chi connectivity index (χ4v) is 1.77. The molecule has 1 aliphatic carbocycles. The van der Waals surface area contributed by atoms with E-state index in [0.29, 0.717) is 32.0 Å². The Balaban J connectivity index is 2.23. The van der Waals surface area contributed by atoms with Crippen molar-refractivity contribution >= 4 is 18.0 Å². The fourth-order valence-electron chi connectivity index (χ4n) is 1.77. The lowest BCUT2D eigenvalue weighted by Gasteiger charge is -2.20. The van der Waals surface area contributed by atoms with Gasteiger partial charge in [0.15, 0.2) is 0 Å². The van der Waals surface area contributed by atoms with Crippen LogP contribution in [0.25, 0.3) is 0 Å². The number of nitrogens with one attached hydrogen (secondary N) is 1. The number of hydrogen-bond acceptors (Lipinski definition) is 4. The van der Waals surface area contributed by atoms with E-state index < -0.39 is 5.97 Å². The van der Waals surface area contributed by atoms with Gasteiger partial charge in [0.1, 0.15) is 6.54 Å². The molecule has 0 aromatic carbocycles. The van der Waals surface area contributed by atoms with E-state index >= 15 is 0 Å². The third kappa shape index (κ3) is 6.96. The Morgan fingerprint density at radius 3 is 2.60 bits per heavy atom. The van der Waals surface area contributed by atoms with E-state index in [9.17, 15) is 14.4 Å². The Kier molecular flexibility index (Phi) is 6.83. The molecule has 1 rings (SSSR count). The van der Waals surface area contributed by atoms with Crippen LogP contribution in [0, 0.1) is 5.92 Å². The summed E-state index contributed by atoms with van der Waals surface area (Å²) >= 11 is 0. The molecular weight excluding hydrogens is 264 g/mol. The van der Waals surface area contributed by atoms with E-state index in [1.807, 2.05) is 0 Å². The Morgan fingerprint density at radius 2 is 2.05 bits per heavy atom. The summed E-state index contributed by atoms with van der Waals surface area (Å²) in [6.07, 6.45) is 2.82. The van der Waals surface area contributed by atoms with Gasteiger partial charge in [0.25, 0.3) is 0 Å². The maximum atomic E-state index is 11.8. The largest absolute Gasteiger partial charge is 0.480 e. The van der Waals surface area contributed by atoms with Crippen molar-refractivity contribution in [3.63, 3.8) is 0 Å². The zero-order valence-electron chi connectivity index (χ0n) is 11.8. The summed E-state index contributed by atoms with van der Waals surface area (Å²) in [5.74, 6) is -0.880. The second-order valence-electron chi connectivity index (χ2n) is 4.86. The van der Waals surface area contributed by atoms with Crippen LogP contribution >= 0.6 is 0 Å². The van der Waals surface area contributed by atoms with Crippen LogP contribution in [0.2, 0.25) is 0 Å². The van der Waals surface area contributed by atoms with Crippen LogP contribution in [0.4, 0.5) is 4.79 Å². The van der Waals surface area contributed by atoms with Crippen LogP contribution in [0.5, 0.6) is 0 Å². The highest BCUT2D eigenvalue weighted by atomic mass is 16.5. The van der Waals surface area contributed by atoms with E-state index in [0.717, 1.165) is 12.8 Å². The Bertz CT molecular complexity index is 355. The summed E-state index contributed by atoms with van der Waals surface area (Å²) < 4.78 is 4.77. The molecule has 7 heteroatoms. The molecule has 7 nitrogen and oxygen atoms in total. The van der Waals surface area contributed by atoms with Gasteiger partial charge < -0.3 is 20.1 Å². The van der Waals surface area contributed by atoms with Crippen LogP contribution in [0.15, 0.2) is 0 Å². The number of hydrogen-bond donors (Lipinski definition) is 2. The number of urea groups is 1. The standard InChI is InChI=1S/C13H22N2O5/c1-2-20-12(18)4-3-7-14-13(19)15(9-11(16)17)8-10-5-6-10/h10H,2-9H2,1H3,(H,14,19)(H,16,17). The normalized spacial score (nSPS) is 13.7. The summed E-state index contributed by atoms with van der Waals surface area (Å²) in [7, 11) is 0. The fraction of sp³-hybridized carbons (Fsp3) is 0.769. The molecule has 0 aromatic rings. The van der Waals surface area contributed by atoms with Crippen molar-refractivity contribution in [2.45, 2.75) is 32.6 Å². The van der Waals surface area contributed by atoms with Crippen molar-refractivity contribution in [1.82, 2.24) is 10.2 Å². The van der Waals surface area contributed by atoms with Gasteiger partial charge in [-0.3, -0.25) is 9.59 Å². The van der Waals surface area contributed by atoms with Crippen LogP contribution in [-0.2, 0) is 14.3 Å². The minimum absolute atomic E-state index is 0.246. The number of carboxylic acids is 1. The summed E-state index contributed by atoms with van der Waals surface area (Å²) in [5, 5.41) is 11.4. The van der Waals surface area contributed by atoms with Crippen LogP contribution in [0.3, 0.4) is 0 Å². The van der Waals surface area contributed by atoms with Gasteiger partial charge >= 0.3 is 18.0 Å². The quantitative estimate of drug-likeness (QED) is 0.483. The molecule has 0 unspecified atom stereocenters. The maximum Gasteiger partial charge on any atom is 0.323 e. The lowest BCUT2D eigenvalue weighted by atomic mass is 10.3. The summed E-state index contributed by atoms with van der Waals surface area (Å²) in [5.41, 5.74) is 0. The minimum atomic E-state index is -1.02. The Hall–Kier alpha value is -1.79. The number of ether oxygens (including phenoxy) is 1. The van der Waals surface area contributed by atoms with Gasteiger partial charge in [0.05, 0.1) is 6.61 Å². The minimum Gasteiger partial charge on any atom is -0.480 e. The van der Waals surface area contributed by atoms with E-state index in [1.165, 1.54) is 4.90 Å². The molecule has 1 saturated carbocycles. The van der Waals surface area contributed by atoms with Crippen LogP contribution < -0.4 is 5.32 Å². The highest BCUT2D eigenvalue weighted by molar-refractivity contribution is 5.80. The van der Waals surface area contributed by atoms with E-state index in [4.69, 9.17) is 9.84 Å². The van der Waals surface area contributed by atoms with Crippen molar-refractivity contribution in [1.29, 1.82) is 0 Å². The summed E-state index contributed by atoms with van der Waals surface area (Å²) in [4.78, 5) is 35.0. The number of nitrogens with zero attached hydrogens (tertiary/aromatic N) is 1. The molecule has 0 heterocycles. The highest BCUT2D eigenvalue weighted by Crippen LogP contribution is 2.29. The zero-order valence-corrected chi connectivity index (χ0v) is 11.8. The third-order valence-corrected chi connectivity index (χ3v) is 2.93. The van der Waals surface area contributed by atoms with Crippen molar-refractivity contribution in [2.75, 3.05) is 26.2 Å². The molecule has 1 fully saturated rings. The first-order valence-electron chi connectivity index (χ1n) is 6.93. The van der Waals surface area contributed by atoms with E-state index in [2.05, 4.69) is 5.32 Å². The Labute approximate surface area is 118 Å². The molecule has 114 valence electrons. The molecule has 20 heavy (non-hydrogen) atoms. The summed E-state index contributed by atoms with van der Waals surface area (Å²) in [6.45, 7) is 2.61. The smallest absolute Gasteiger partial charge is 0.323 e. The highest BCUT2D eigenvalue weighted by Gasteiger charge is 2.27. The number of carbonyl (C=O) groups is 3. The van der Waals surface area contributed by atoms with Gasteiger partial charge in [-0.15, -0.1) is 0 Å². The zero-order chi connectivity index (χ0) is 15.0. The molecule has 0 spiro atoms. The van der Waals surface area contributed by atoms with Crippen molar-refractivity contribution < 1.29 is 24.2 Å². The second kappa shape index (κ2) is 8.39. The molecule has 0 radical (unpaired) electrons. The molecule has 0 bridgehead atoms. The number of amides is 2. The second-order valence-corrected chi connectivity index (χ2v) is 4.86. The average molecular weight is 286 g/mol. The number of carboxylic acid groups (broad SMARTS) is 1. The Morgan fingerprint density at radius 1 is 1.35 bits per heavy atom. The van der Waals surface area contributed by atoms with Gasteiger partial charge in [-0.1, -0.05) is 0 Å². The predicted octanol–water partition coefficient (Wildman–Crippen LogP) is 0.836. The number of carbonyl (C=O) groups excluding carboxylic acids is 2. The van der Waals surface area contributed by atoms with Crippen molar-refractivity contribution in [3.05, 3.63) is 0 Å². The molecule has 0 aromatic heterocycles. The lowest BCUT2D eigenvalue weighted by Crippen LogP contribution is -2.44. The number of esters is 1. The number of rotatable bonds is 9. The third-order valence-electron chi connectivity index (χ3n) is 2.93.